The van der Waals surface area contributed by atoms with Crippen molar-refractivity contribution in [3.05, 3.63) is 12.2 Å². The van der Waals surface area contributed by atoms with Crippen molar-refractivity contribution >= 4 is 17.7 Å². The zero-order valence-electron chi connectivity index (χ0n) is 9.13. The number of hydrogen-bond acceptors (Lipinski definition) is 4. The normalized spacial score (nSPS) is 12.2. The molecular formula is C10H19NO2S. The van der Waals surface area contributed by atoms with Crippen LogP contribution in [0.3, 0.4) is 0 Å². The van der Waals surface area contributed by atoms with Crippen LogP contribution < -0.4 is 5.32 Å². The van der Waals surface area contributed by atoms with Crippen molar-refractivity contribution in [3.63, 3.8) is 0 Å². The minimum absolute atomic E-state index is 0.309. The topological polar surface area (TPSA) is 38.3 Å². The van der Waals surface area contributed by atoms with Gasteiger partial charge in [0.25, 0.3) is 0 Å². The van der Waals surface area contributed by atoms with E-state index in [0.29, 0.717) is 24.0 Å². The molecule has 4 heteroatoms. The van der Waals surface area contributed by atoms with Crippen LogP contribution in [0.15, 0.2) is 12.2 Å². The van der Waals surface area contributed by atoms with E-state index in [0.717, 1.165) is 6.54 Å². The molecule has 0 bridgehead atoms. The number of hydrogen-bond donors (Lipinski definition) is 1. The minimum atomic E-state index is -0.309. The van der Waals surface area contributed by atoms with Crippen LogP contribution in [-0.2, 0) is 9.53 Å². The fourth-order valence-electron chi connectivity index (χ4n) is 0.815. The van der Waals surface area contributed by atoms with E-state index in [9.17, 15) is 4.79 Å². The SMILES string of the molecule is C=C(CNCC(C)SC)C(=O)OCC. The van der Waals surface area contributed by atoms with Gasteiger partial charge in [0, 0.05) is 23.9 Å². The van der Waals surface area contributed by atoms with Gasteiger partial charge >= 0.3 is 5.97 Å². The second-order valence-electron chi connectivity index (χ2n) is 3.00. The molecule has 0 aromatic heterocycles. The van der Waals surface area contributed by atoms with Gasteiger partial charge in [0.2, 0.25) is 0 Å². The van der Waals surface area contributed by atoms with Gasteiger partial charge in [-0.05, 0) is 13.2 Å². The van der Waals surface area contributed by atoms with Crippen molar-refractivity contribution in [2.24, 2.45) is 0 Å². The molecule has 0 saturated carbocycles. The lowest BCUT2D eigenvalue weighted by atomic mass is 10.3. The molecule has 0 aromatic carbocycles. The van der Waals surface area contributed by atoms with E-state index in [2.05, 4.69) is 25.1 Å². The summed E-state index contributed by atoms with van der Waals surface area (Å²) in [4.78, 5) is 11.1. The van der Waals surface area contributed by atoms with Crippen LogP contribution in [-0.4, -0.2) is 37.2 Å². The van der Waals surface area contributed by atoms with E-state index < -0.39 is 0 Å². The molecular weight excluding hydrogens is 198 g/mol. The Hall–Kier alpha value is -0.480. The van der Waals surface area contributed by atoms with Crippen LogP contribution >= 0.6 is 11.8 Å². The summed E-state index contributed by atoms with van der Waals surface area (Å²) in [5, 5.41) is 3.70. The minimum Gasteiger partial charge on any atom is -0.463 e. The Morgan fingerprint density at radius 3 is 2.79 bits per heavy atom. The summed E-state index contributed by atoms with van der Waals surface area (Å²) in [6.45, 7) is 9.35. The largest absolute Gasteiger partial charge is 0.463 e. The van der Waals surface area contributed by atoms with Crippen molar-refractivity contribution in [2.45, 2.75) is 19.1 Å². The zero-order valence-corrected chi connectivity index (χ0v) is 9.95. The van der Waals surface area contributed by atoms with Crippen molar-refractivity contribution in [3.8, 4) is 0 Å². The molecule has 0 amide bonds. The average molecular weight is 217 g/mol. The highest BCUT2D eigenvalue weighted by Crippen LogP contribution is 2.02. The molecule has 3 nitrogen and oxygen atoms in total. The second-order valence-corrected chi connectivity index (χ2v) is 4.28. The van der Waals surface area contributed by atoms with Gasteiger partial charge in [0.15, 0.2) is 0 Å². The average Bonchev–Trinajstić information content (AvgIpc) is 2.17. The van der Waals surface area contributed by atoms with Gasteiger partial charge < -0.3 is 10.1 Å². The van der Waals surface area contributed by atoms with Gasteiger partial charge in [0.05, 0.1) is 6.61 Å². The summed E-state index contributed by atoms with van der Waals surface area (Å²) < 4.78 is 4.80. The number of carbonyl (C=O) groups excluding carboxylic acids is 1. The van der Waals surface area contributed by atoms with Crippen molar-refractivity contribution < 1.29 is 9.53 Å². The Labute approximate surface area is 90.3 Å². The summed E-state index contributed by atoms with van der Waals surface area (Å²) in [6, 6.07) is 0. The number of rotatable bonds is 7. The maximum Gasteiger partial charge on any atom is 0.334 e. The molecule has 0 fully saturated rings. The zero-order chi connectivity index (χ0) is 11.0. The monoisotopic (exact) mass is 217 g/mol. The Balaban J connectivity index is 3.58. The molecule has 0 heterocycles. The standard InChI is InChI=1S/C10H19NO2S/c1-5-13-10(12)8(2)6-11-7-9(3)14-4/h9,11H,2,5-7H2,1,3-4H3. The smallest absolute Gasteiger partial charge is 0.334 e. The number of nitrogens with one attached hydrogen (secondary N) is 1. The molecule has 0 aromatic rings. The summed E-state index contributed by atoms with van der Waals surface area (Å²) in [5.74, 6) is -0.309. The first kappa shape index (κ1) is 13.5. The molecule has 0 saturated heterocycles. The highest BCUT2D eigenvalue weighted by atomic mass is 32.2. The van der Waals surface area contributed by atoms with Crippen LogP contribution in [0, 0.1) is 0 Å². The summed E-state index contributed by atoms with van der Waals surface area (Å²) >= 11 is 1.79. The Morgan fingerprint density at radius 1 is 1.64 bits per heavy atom. The quantitative estimate of drug-likeness (QED) is 0.517. The molecule has 1 unspecified atom stereocenters. The third-order valence-electron chi connectivity index (χ3n) is 1.74. The highest BCUT2D eigenvalue weighted by molar-refractivity contribution is 7.99. The molecule has 0 aliphatic carbocycles. The van der Waals surface area contributed by atoms with E-state index in [1.165, 1.54) is 0 Å². The molecule has 1 atom stereocenters. The first-order valence-corrected chi connectivity index (χ1v) is 5.99. The van der Waals surface area contributed by atoms with E-state index in [1.807, 2.05) is 0 Å². The van der Waals surface area contributed by atoms with Crippen LogP contribution in [0.4, 0.5) is 0 Å². The number of esters is 1. The molecule has 0 radical (unpaired) electrons. The molecule has 0 aliphatic rings. The molecule has 82 valence electrons. The maximum atomic E-state index is 11.1. The predicted molar refractivity (Wildman–Crippen MR) is 61.6 cm³/mol. The molecule has 1 N–H and O–H groups in total. The van der Waals surface area contributed by atoms with Crippen molar-refractivity contribution in [1.82, 2.24) is 5.32 Å². The van der Waals surface area contributed by atoms with Gasteiger partial charge in [-0.25, -0.2) is 4.79 Å². The summed E-state index contributed by atoms with van der Waals surface area (Å²) in [7, 11) is 0. The fraction of sp³-hybridized carbons (Fsp3) is 0.700. The van der Waals surface area contributed by atoms with E-state index >= 15 is 0 Å². The molecule has 0 rings (SSSR count). The van der Waals surface area contributed by atoms with Crippen LogP contribution in [0.25, 0.3) is 0 Å². The van der Waals surface area contributed by atoms with E-state index in [-0.39, 0.29) is 5.97 Å². The van der Waals surface area contributed by atoms with Gasteiger partial charge in [-0.1, -0.05) is 13.5 Å². The molecule has 0 aliphatic heterocycles. The van der Waals surface area contributed by atoms with Gasteiger partial charge in [-0.2, -0.15) is 11.8 Å². The number of carbonyl (C=O) groups is 1. The maximum absolute atomic E-state index is 11.1. The second kappa shape index (κ2) is 7.88. The fourth-order valence-corrected chi connectivity index (χ4v) is 1.10. The molecule has 14 heavy (non-hydrogen) atoms. The third-order valence-corrected chi connectivity index (χ3v) is 2.71. The van der Waals surface area contributed by atoms with Gasteiger partial charge in [0.1, 0.15) is 0 Å². The van der Waals surface area contributed by atoms with E-state index in [4.69, 9.17) is 4.74 Å². The Kier molecular flexibility index (Phi) is 7.61. The van der Waals surface area contributed by atoms with Gasteiger partial charge in [-0.3, -0.25) is 0 Å². The first-order chi connectivity index (χ1) is 6.61. The Bertz CT molecular complexity index is 195. The molecule has 0 spiro atoms. The predicted octanol–water partition coefficient (Wildman–Crippen LogP) is 1.45. The third kappa shape index (κ3) is 6.05. The summed E-state index contributed by atoms with van der Waals surface area (Å²) in [5.41, 5.74) is 0.486. The number of ether oxygens (including phenoxy) is 1. The van der Waals surface area contributed by atoms with Gasteiger partial charge in [-0.15, -0.1) is 0 Å². The number of thioether (sulfide) groups is 1. The summed E-state index contributed by atoms with van der Waals surface area (Å²) in [6.07, 6.45) is 2.06. The van der Waals surface area contributed by atoms with Crippen molar-refractivity contribution in [2.75, 3.05) is 26.0 Å². The van der Waals surface area contributed by atoms with Crippen LogP contribution in [0.5, 0.6) is 0 Å². The van der Waals surface area contributed by atoms with Crippen LogP contribution in [0.1, 0.15) is 13.8 Å². The highest BCUT2D eigenvalue weighted by Gasteiger charge is 2.07. The van der Waals surface area contributed by atoms with Crippen LogP contribution in [0.2, 0.25) is 0 Å². The Morgan fingerprint density at radius 2 is 2.29 bits per heavy atom. The lowest BCUT2D eigenvalue weighted by molar-refractivity contribution is -0.138. The first-order valence-electron chi connectivity index (χ1n) is 4.70. The van der Waals surface area contributed by atoms with E-state index in [1.54, 1.807) is 18.7 Å². The lowest BCUT2D eigenvalue weighted by Gasteiger charge is -2.10. The lowest BCUT2D eigenvalue weighted by Crippen LogP contribution is -2.27. The van der Waals surface area contributed by atoms with Crippen molar-refractivity contribution in [1.29, 1.82) is 0 Å².